The van der Waals surface area contributed by atoms with Crippen LogP contribution in [0.4, 0.5) is 9.18 Å². The van der Waals surface area contributed by atoms with E-state index >= 15 is 4.39 Å². The van der Waals surface area contributed by atoms with E-state index in [9.17, 15) is 43.5 Å². The molecule has 4 heterocycles. The van der Waals surface area contributed by atoms with E-state index in [1.54, 1.807) is 70.5 Å². The smallest absolute Gasteiger partial charge is 0.408 e. The van der Waals surface area contributed by atoms with E-state index in [1.165, 1.54) is 27.7 Å². The first kappa shape index (κ1) is 59.6. The SMILES string of the molecule is CC(=O)N1CC[C@H]2CC[C@@H](C(=O)N[C@@H](CCC(N)=O)COc3cccc(CCCC(=O)N[C@H](C(=O)N4C[C@H](O)C[C@H]4C(=O)N[C@@H](C)c4ccc(-c5scnc5C)cc4)C(C)(C)C)c3F)N2C(=O)[C@@H](NC(=O)OC(C)(C)C)C1. The number of aromatic nitrogens is 1. The fourth-order valence-electron chi connectivity index (χ4n) is 10.0. The Morgan fingerprint density at radius 1 is 0.922 bits per heavy atom. The van der Waals surface area contributed by atoms with Crippen molar-refractivity contribution < 1.29 is 57.3 Å². The first-order chi connectivity index (χ1) is 36.2. The van der Waals surface area contributed by atoms with E-state index in [0.717, 1.165) is 21.7 Å². The van der Waals surface area contributed by atoms with Gasteiger partial charge in [0, 0.05) is 45.3 Å². The lowest BCUT2D eigenvalue weighted by atomic mass is 9.85. The molecule has 77 heavy (non-hydrogen) atoms. The predicted octanol–water partition coefficient (Wildman–Crippen LogP) is 4.58. The topological polar surface area (TPSA) is 272 Å². The fourth-order valence-corrected chi connectivity index (χ4v) is 10.8. The molecule has 8 amide bonds. The molecule has 3 aliphatic heterocycles. The number of carbonyl (C=O) groups is 8. The second-order valence-corrected chi connectivity index (χ2v) is 23.3. The molecule has 20 nitrogen and oxygen atoms in total. The highest BCUT2D eigenvalue weighted by molar-refractivity contribution is 7.13. The lowest BCUT2D eigenvalue weighted by molar-refractivity contribution is -0.145. The molecular formula is C55H76FN9O11S. The number of aliphatic hydroxyl groups is 1. The molecular weight excluding hydrogens is 1010 g/mol. The number of amides is 8. The van der Waals surface area contributed by atoms with Crippen molar-refractivity contribution in [3.63, 3.8) is 0 Å². The number of primary amides is 1. The number of likely N-dealkylation sites (tertiary alicyclic amines) is 1. The molecule has 0 spiro atoms. The van der Waals surface area contributed by atoms with Crippen molar-refractivity contribution in [3.8, 4) is 16.2 Å². The van der Waals surface area contributed by atoms with Crippen LogP contribution in [0.3, 0.4) is 0 Å². The molecule has 7 N–H and O–H groups in total. The number of aryl methyl sites for hydroxylation is 2. The molecule has 0 unspecified atom stereocenters. The first-order valence-electron chi connectivity index (χ1n) is 26.4. The monoisotopic (exact) mass is 1090 g/mol. The highest BCUT2D eigenvalue weighted by Gasteiger charge is 2.47. The summed E-state index contributed by atoms with van der Waals surface area (Å²) >= 11 is 1.55. The maximum Gasteiger partial charge on any atom is 0.408 e. The molecule has 22 heteroatoms. The van der Waals surface area contributed by atoms with Gasteiger partial charge >= 0.3 is 6.09 Å². The highest BCUT2D eigenvalue weighted by atomic mass is 32.1. The van der Waals surface area contributed by atoms with Crippen molar-refractivity contribution in [1.29, 1.82) is 0 Å². The average Bonchev–Trinajstić information content (AvgIpc) is 4.12. The van der Waals surface area contributed by atoms with Crippen LogP contribution >= 0.6 is 11.3 Å². The summed E-state index contributed by atoms with van der Waals surface area (Å²) < 4.78 is 27.4. The van der Waals surface area contributed by atoms with Crippen molar-refractivity contribution >= 4 is 58.8 Å². The van der Waals surface area contributed by atoms with Crippen LogP contribution in [-0.4, -0.2) is 146 Å². The Balaban J connectivity index is 1.04. The van der Waals surface area contributed by atoms with Crippen LogP contribution in [-0.2, 0) is 44.7 Å². The number of aliphatic hydroxyl groups excluding tert-OH is 1. The molecule has 3 fully saturated rings. The van der Waals surface area contributed by atoms with Crippen LogP contribution in [0.25, 0.3) is 10.4 Å². The maximum absolute atomic E-state index is 16.1. The molecule has 3 aromatic rings. The number of hydrogen-bond donors (Lipinski definition) is 6. The second-order valence-electron chi connectivity index (χ2n) is 22.4. The van der Waals surface area contributed by atoms with Crippen molar-refractivity contribution in [2.45, 2.75) is 174 Å². The van der Waals surface area contributed by atoms with Crippen molar-refractivity contribution in [2.75, 3.05) is 26.2 Å². The Morgan fingerprint density at radius 3 is 2.26 bits per heavy atom. The molecule has 0 aliphatic carbocycles. The summed E-state index contributed by atoms with van der Waals surface area (Å²) in [5.41, 5.74) is 8.65. The Labute approximate surface area is 453 Å². The summed E-state index contributed by atoms with van der Waals surface area (Å²) in [6.45, 7) is 15.4. The molecule has 2 aromatic carbocycles. The summed E-state index contributed by atoms with van der Waals surface area (Å²) in [5.74, 6) is -4.27. The number of benzene rings is 2. The zero-order valence-corrected chi connectivity index (χ0v) is 46.4. The zero-order valence-electron chi connectivity index (χ0n) is 45.6. The minimum absolute atomic E-state index is 0.0275. The Bertz CT molecular complexity index is 2640. The summed E-state index contributed by atoms with van der Waals surface area (Å²) in [7, 11) is 0. The van der Waals surface area contributed by atoms with Gasteiger partial charge in [-0.3, -0.25) is 33.6 Å². The number of hydrogen-bond acceptors (Lipinski definition) is 13. The lowest BCUT2D eigenvalue weighted by Crippen LogP contribution is -2.61. The molecule has 3 saturated heterocycles. The second kappa shape index (κ2) is 25.6. The van der Waals surface area contributed by atoms with Crippen molar-refractivity contribution in [1.82, 2.24) is 41.0 Å². The van der Waals surface area contributed by atoms with E-state index in [2.05, 4.69) is 26.3 Å². The fraction of sp³-hybridized carbons (Fsp3) is 0.582. The molecule has 3 aliphatic rings. The molecule has 420 valence electrons. The van der Waals surface area contributed by atoms with E-state index in [0.29, 0.717) is 12.8 Å². The molecule has 0 bridgehead atoms. The number of carbonyl (C=O) groups excluding carboxylic acids is 8. The van der Waals surface area contributed by atoms with Crippen LogP contribution in [0.1, 0.15) is 130 Å². The number of thiazole rings is 1. The summed E-state index contributed by atoms with van der Waals surface area (Å²) in [4.78, 5) is 117. The number of ether oxygens (including phenoxy) is 2. The van der Waals surface area contributed by atoms with Gasteiger partial charge in [-0.2, -0.15) is 0 Å². The third kappa shape index (κ3) is 16.0. The number of halogens is 1. The van der Waals surface area contributed by atoms with E-state index < -0.39 is 107 Å². The van der Waals surface area contributed by atoms with Crippen LogP contribution in [0.2, 0.25) is 0 Å². The standard InChI is InChI=1S/C55H76FN9O11S/c1-31(34-16-18-36(19-17-34)47-32(2)58-30-77-47)59-50(71)42-26-39(67)27-64(42)52(73)48(54(4,5)6)62-45(69)15-11-13-35-12-10-14-43(46(35)56)75-29-37(20-23-44(57)68)60-49(70)41-22-21-38-24-25-63(33(3)66)28-40(51(72)65(38)41)61-53(74)76-55(7,8)9/h10,12,14,16-19,30-31,37-42,48,67H,11,13,15,20-29H2,1-9H3,(H2,57,68)(H,59,71)(H,60,70)(H,61,74)(H,62,69)/t31-,37-,38+,39+,40-,41-,42-,48+/m0/s1. The van der Waals surface area contributed by atoms with Gasteiger partial charge in [0.05, 0.1) is 40.8 Å². The van der Waals surface area contributed by atoms with Crippen LogP contribution in [0.15, 0.2) is 48.0 Å². The van der Waals surface area contributed by atoms with Gasteiger partial charge in [0.25, 0.3) is 0 Å². The van der Waals surface area contributed by atoms with Gasteiger partial charge in [-0.25, -0.2) is 14.2 Å². The number of fused-ring (bicyclic) bond motifs is 1. The molecule has 1 aromatic heterocycles. The largest absolute Gasteiger partial charge is 0.488 e. The normalized spacial score (nSPS) is 20.9. The Kier molecular flexibility index (Phi) is 19.8. The third-order valence-corrected chi connectivity index (χ3v) is 15.1. The van der Waals surface area contributed by atoms with Gasteiger partial charge in [-0.15, -0.1) is 11.3 Å². The minimum Gasteiger partial charge on any atom is -0.488 e. The van der Waals surface area contributed by atoms with Crippen LogP contribution < -0.4 is 31.7 Å². The number of nitrogens with zero attached hydrogens (tertiary/aromatic N) is 4. The summed E-state index contributed by atoms with van der Waals surface area (Å²) in [6, 6.07) is 6.45. The van der Waals surface area contributed by atoms with Gasteiger partial charge in [0.1, 0.15) is 36.4 Å². The van der Waals surface area contributed by atoms with E-state index in [-0.39, 0.29) is 88.4 Å². The van der Waals surface area contributed by atoms with E-state index in [4.69, 9.17) is 15.2 Å². The lowest BCUT2D eigenvalue weighted by Gasteiger charge is -2.38. The number of nitrogens with one attached hydrogen (secondary N) is 4. The van der Waals surface area contributed by atoms with Gasteiger partial charge in [0.15, 0.2) is 11.6 Å². The number of β-amino-alcohol motifs (C(OH)–C–C–N with tert-alkyl or cyclic N) is 1. The Hall–Kier alpha value is -6.68. The van der Waals surface area contributed by atoms with Gasteiger partial charge in [-0.1, -0.05) is 57.2 Å². The zero-order chi connectivity index (χ0) is 56.5. The van der Waals surface area contributed by atoms with Crippen molar-refractivity contribution in [3.05, 3.63) is 70.6 Å². The Morgan fingerprint density at radius 2 is 1.62 bits per heavy atom. The third-order valence-electron chi connectivity index (χ3n) is 14.1. The molecule has 8 atom stereocenters. The molecule has 6 rings (SSSR count). The van der Waals surface area contributed by atoms with Crippen LogP contribution in [0, 0.1) is 18.2 Å². The molecule has 0 saturated carbocycles. The predicted molar refractivity (Wildman–Crippen MR) is 285 cm³/mol. The summed E-state index contributed by atoms with van der Waals surface area (Å²) in [5, 5.41) is 22.1. The average molecular weight is 1090 g/mol. The van der Waals surface area contributed by atoms with Crippen molar-refractivity contribution in [2.24, 2.45) is 11.1 Å². The molecule has 0 radical (unpaired) electrons. The van der Waals surface area contributed by atoms with Crippen LogP contribution in [0.5, 0.6) is 5.75 Å². The number of alkyl carbamates (subject to hydrolysis) is 1. The van der Waals surface area contributed by atoms with E-state index in [1.807, 2.05) is 38.1 Å². The number of rotatable bonds is 19. The van der Waals surface area contributed by atoms with Gasteiger partial charge < -0.3 is 56.3 Å². The summed E-state index contributed by atoms with van der Waals surface area (Å²) in [6.07, 6.45) is -0.543. The van der Waals surface area contributed by atoms with Gasteiger partial charge in [-0.05, 0) is 101 Å². The maximum atomic E-state index is 16.1. The first-order valence-corrected chi connectivity index (χ1v) is 27.2. The number of nitrogens with two attached hydrogens (primary N) is 1. The quantitative estimate of drug-likeness (QED) is 0.0963. The minimum atomic E-state index is -1.21. The highest BCUT2D eigenvalue weighted by Crippen LogP contribution is 2.32. The van der Waals surface area contributed by atoms with Gasteiger partial charge in [0.2, 0.25) is 41.4 Å².